The molecule has 9 N–H and O–H groups in total. The van der Waals surface area contributed by atoms with Gasteiger partial charge in [-0.3, -0.25) is 19.7 Å². The first-order valence-electron chi connectivity index (χ1n) is 9.49. The van der Waals surface area contributed by atoms with Crippen molar-refractivity contribution in [2.75, 3.05) is 12.4 Å². The molecule has 1 heterocycles. The number of carbonyl (C=O) groups excluding carboxylic acids is 2. The maximum Gasteiger partial charge on any atom is 0.366 e. The number of amides is 1. The van der Waals surface area contributed by atoms with Gasteiger partial charge in [-0.15, -0.1) is 0 Å². The molecule has 0 saturated carbocycles. The number of hydrogen-bond acceptors (Lipinski definition) is 12. The Morgan fingerprint density at radius 1 is 1.19 bits per heavy atom. The average Bonchev–Trinajstić information content (AvgIpc) is 2.71. The van der Waals surface area contributed by atoms with Crippen molar-refractivity contribution in [1.29, 1.82) is 0 Å². The number of aliphatic hydroxyl groups excluding tert-OH is 4. The first-order chi connectivity index (χ1) is 14.8. The van der Waals surface area contributed by atoms with Crippen molar-refractivity contribution in [3.05, 3.63) is 0 Å². The number of thiol groups is 1. The van der Waals surface area contributed by atoms with Crippen molar-refractivity contribution in [1.82, 2.24) is 10.6 Å². The number of hydrogen-bond donors (Lipinski definition) is 10. The molecule has 0 spiro atoms. The Hall–Kier alpha value is -1.85. The van der Waals surface area contributed by atoms with Gasteiger partial charge in [-0.25, -0.2) is 4.79 Å². The van der Waals surface area contributed by atoms with Crippen molar-refractivity contribution in [3.8, 4) is 0 Å². The molecule has 1 aliphatic heterocycles. The molecule has 14 nitrogen and oxygen atoms in total. The van der Waals surface area contributed by atoms with Crippen LogP contribution in [0.1, 0.15) is 19.8 Å². The predicted molar refractivity (Wildman–Crippen MR) is 107 cm³/mol. The first kappa shape index (κ1) is 28.2. The Kier molecular flexibility index (Phi) is 10.4. The third kappa shape index (κ3) is 6.35. The summed E-state index contributed by atoms with van der Waals surface area (Å²) in [7, 11) is 0. The minimum absolute atomic E-state index is 0.197. The molecule has 184 valence electrons. The van der Waals surface area contributed by atoms with Crippen LogP contribution in [0, 0.1) is 0 Å². The van der Waals surface area contributed by atoms with Gasteiger partial charge in [0.2, 0.25) is 5.91 Å². The van der Waals surface area contributed by atoms with Gasteiger partial charge in [-0.1, -0.05) is 0 Å². The van der Waals surface area contributed by atoms with Crippen molar-refractivity contribution < 1.29 is 59.7 Å². The van der Waals surface area contributed by atoms with Crippen LogP contribution in [0.15, 0.2) is 0 Å². The van der Waals surface area contributed by atoms with Crippen LogP contribution in [-0.2, 0) is 23.9 Å². The van der Waals surface area contributed by atoms with E-state index in [1.165, 1.54) is 0 Å². The Morgan fingerprint density at radius 3 is 2.22 bits per heavy atom. The molecule has 3 unspecified atom stereocenters. The Labute approximate surface area is 187 Å². The largest absolute Gasteiger partial charge is 0.480 e. The number of aliphatic carboxylic acids is 2. The van der Waals surface area contributed by atoms with Gasteiger partial charge in [0, 0.05) is 13.3 Å². The normalized spacial score (nSPS) is 30.7. The Balaban J connectivity index is 3.42. The number of carboxylic acids is 2. The van der Waals surface area contributed by atoms with Crippen LogP contribution in [0.3, 0.4) is 0 Å². The molecular formula is C17H28N2O12S. The number of nitrogens with one attached hydrogen (secondary N) is 2. The van der Waals surface area contributed by atoms with Gasteiger partial charge < -0.3 is 45.8 Å². The fraction of sp³-hybridized carbons (Fsp3) is 0.765. The van der Waals surface area contributed by atoms with E-state index in [-0.39, 0.29) is 18.6 Å². The fourth-order valence-electron chi connectivity index (χ4n) is 3.27. The molecule has 8 atom stereocenters. The number of aliphatic hydroxyl groups is 5. The molecule has 1 amide bonds. The molecule has 0 aromatic carbocycles. The highest BCUT2D eigenvalue weighted by atomic mass is 32.1. The molecule has 1 saturated heterocycles. The van der Waals surface area contributed by atoms with E-state index >= 15 is 0 Å². The number of carbonyl (C=O) groups is 4. The van der Waals surface area contributed by atoms with Crippen molar-refractivity contribution in [2.45, 2.75) is 68.1 Å². The Bertz CT molecular complexity index is 709. The standard InChI is InChI=1S/C17H28N2O12S/c1-6(21)18-10-12(25)14(19-9(15(26)27)7(22)3-2-4-32)17(30,16(28)29)31-13(10)11(24)8(23)5-20/h8-14,19-20,23-25,30,32H,2-5H2,1H3,(H,18,21)(H,26,27)(H,28,29)/t8-,9?,10-,11?,12-,13-,14?,17-/m1/s1. The van der Waals surface area contributed by atoms with Crippen LogP contribution in [0.4, 0.5) is 0 Å². The van der Waals surface area contributed by atoms with Crippen molar-refractivity contribution in [2.24, 2.45) is 0 Å². The molecule has 1 rings (SSSR count). The fourth-order valence-corrected chi connectivity index (χ4v) is 3.43. The van der Waals surface area contributed by atoms with Gasteiger partial charge in [0.1, 0.15) is 24.4 Å². The van der Waals surface area contributed by atoms with Gasteiger partial charge in [-0.05, 0) is 12.2 Å². The van der Waals surface area contributed by atoms with E-state index in [9.17, 15) is 49.8 Å². The van der Waals surface area contributed by atoms with Gasteiger partial charge >= 0.3 is 11.9 Å². The topological polar surface area (TPSA) is 243 Å². The molecule has 0 radical (unpaired) electrons. The summed E-state index contributed by atoms with van der Waals surface area (Å²) in [5.41, 5.74) is 0. The molecule has 0 aromatic heterocycles. The molecule has 0 bridgehead atoms. The lowest BCUT2D eigenvalue weighted by molar-refractivity contribution is -0.307. The number of rotatable bonds is 12. The molecule has 32 heavy (non-hydrogen) atoms. The zero-order valence-corrected chi connectivity index (χ0v) is 17.9. The third-order valence-electron chi connectivity index (χ3n) is 4.89. The van der Waals surface area contributed by atoms with Crippen LogP contribution in [0.5, 0.6) is 0 Å². The summed E-state index contributed by atoms with van der Waals surface area (Å²) in [6, 6.07) is -5.94. The van der Waals surface area contributed by atoms with E-state index in [0.717, 1.165) is 6.92 Å². The molecule has 1 fully saturated rings. The number of ether oxygens (including phenoxy) is 1. The first-order valence-corrected chi connectivity index (χ1v) is 10.1. The maximum atomic E-state index is 12.3. The van der Waals surface area contributed by atoms with Crippen LogP contribution < -0.4 is 10.6 Å². The van der Waals surface area contributed by atoms with Crippen molar-refractivity contribution >= 4 is 36.3 Å². The van der Waals surface area contributed by atoms with E-state index in [1.54, 1.807) is 0 Å². The number of carboxylic acid groups (broad SMARTS) is 2. The monoisotopic (exact) mass is 484 g/mol. The number of ketones is 1. The maximum absolute atomic E-state index is 12.3. The van der Waals surface area contributed by atoms with Crippen LogP contribution >= 0.6 is 12.6 Å². The second-order valence-electron chi connectivity index (χ2n) is 7.25. The molecule has 15 heteroatoms. The highest BCUT2D eigenvalue weighted by Gasteiger charge is 2.61. The quantitative estimate of drug-likeness (QED) is 0.0927. The second-order valence-corrected chi connectivity index (χ2v) is 7.70. The summed E-state index contributed by atoms with van der Waals surface area (Å²) in [4.78, 5) is 47.3. The highest BCUT2D eigenvalue weighted by Crippen LogP contribution is 2.31. The van der Waals surface area contributed by atoms with Crippen molar-refractivity contribution in [3.63, 3.8) is 0 Å². The summed E-state index contributed by atoms with van der Waals surface area (Å²) in [6.07, 6.45) is -8.17. The third-order valence-corrected chi connectivity index (χ3v) is 5.21. The van der Waals surface area contributed by atoms with Gasteiger partial charge in [0.15, 0.2) is 11.8 Å². The smallest absolute Gasteiger partial charge is 0.366 e. The summed E-state index contributed by atoms with van der Waals surface area (Å²) in [5, 5.41) is 73.6. The minimum atomic E-state index is -3.41. The zero-order valence-electron chi connectivity index (χ0n) is 17.0. The average molecular weight is 484 g/mol. The SMILES string of the molecule is CC(=O)N[C@@H]1[C@@H](O)C(NC(C(=O)O)C(=O)CCCS)[C@](O)(C(=O)O)O[C@H]1C(O)[C@H](O)CO. The van der Waals surface area contributed by atoms with Crippen LogP contribution in [0.25, 0.3) is 0 Å². The number of Topliss-reactive ketones (excluding diaryl/α,β-unsaturated/α-hetero) is 1. The molecule has 1 aliphatic rings. The zero-order chi connectivity index (χ0) is 24.8. The second kappa shape index (κ2) is 11.9. The van der Waals surface area contributed by atoms with Gasteiger partial charge in [-0.2, -0.15) is 12.6 Å². The highest BCUT2D eigenvalue weighted by molar-refractivity contribution is 7.80. The van der Waals surface area contributed by atoms with Gasteiger partial charge in [0.25, 0.3) is 5.79 Å². The summed E-state index contributed by atoms with van der Waals surface area (Å²) in [6.45, 7) is -0.0159. The molecular weight excluding hydrogens is 456 g/mol. The minimum Gasteiger partial charge on any atom is -0.480 e. The lowest BCUT2D eigenvalue weighted by Crippen LogP contribution is -2.77. The van der Waals surface area contributed by atoms with Crippen LogP contribution in [-0.4, -0.2) is 120 Å². The van der Waals surface area contributed by atoms with E-state index in [0.29, 0.717) is 0 Å². The molecule has 0 aromatic rings. The van der Waals surface area contributed by atoms with E-state index < -0.39 is 78.6 Å². The lowest BCUT2D eigenvalue weighted by atomic mass is 9.84. The van der Waals surface area contributed by atoms with Gasteiger partial charge in [0.05, 0.1) is 18.8 Å². The summed E-state index contributed by atoms with van der Waals surface area (Å²) >= 11 is 3.91. The van der Waals surface area contributed by atoms with E-state index in [4.69, 9.17) is 9.84 Å². The lowest BCUT2D eigenvalue weighted by Gasteiger charge is -2.49. The van der Waals surface area contributed by atoms with E-state index in [2.05, 4.69) is 23.3 Å². The summed E-state index contributed by atoms with van der Waals surface area (Å²) in [5.74, 6) is -8.72. The van der Waals surface area contributed by atoms with Crippen LogP contribution in [0.2, 0.25) is 0 Å². The van der Waals surface area contributed by atoms with E-state index in [1.807, 2.05) is 0 Å². The predicted octanol–water partition coefficient (Wildman–Crippen LogP) is -4.57. The summed E-state index contributed by atoms with van der Waals surface area (Å²) < 4.78 is 5.04. The Morgan fingerprint density at radius 2 is 1.78 bits per heavy atom. The molecule has 0 aliphatic carbocycles.